The molecule has 1 saturated heterocycles. The van der Waals surface area contributed by atoms with Crippen LogP contribution in [-0.4, -0.2) is 47.2 Å². The first-order valence-corrected chi connectivity index (χ1v) is 8.23. The molecule has 0 aliphatic carbocycles. The highest BCUT2D eigenvalue weighted by molar-refractivity contribution is 5.77. The van der Waals surface area contributed by atoms with E-state index in [2.05, 4.69) is 5.32 Å². The molecule has 6 heteroatoms. The molecule has 0 spiro atoms. The van der Waals surface area contributed by atoms with Crippen LogP contribution in [-0.2, 0) is 11.2 Å². The van der Waals surface area contributed by atoms with Crippen molar-refractivity contribution in [2.75, 3.05) is 13.6 Å². The van der Waals surface area contributed by atoms with E-state index in [1.807, 2.05) is 32.2 Å². The van der Waals surface area contributed by atoms with Crippen LogP contribution in [0.15, 0.2) is 18.2 Å². The van der Waals surface area contributed by atoms with Crippen molar-refractivity contribution >= 4 is 12.0 Å². The Balaban J connectivity index is 1.90. The summed E-state index contributed by atoms with van der Waals surface area (Å²) in [5, 5.41) is 12.0. The molecule has 2 N–H and O–H groups in total. The van der Waals surface area contributed by atoms with Gasteiger partial charge in [0.2, 0.25) is 0 Å². The van der Waals surface area contributed by atoms with Crippen molar-refractivity contribution < 1.29 is 19.4 Å². The number of aryl methyl sites for hydroxylation is 2. The lowest BCUT2D eigenvalue weighted by molar-refractivity contribution is -0.152. The Hall–Kier alpha value is -2.24. The lowest BCUT2D eigenvalue weighted by atomic mass is 10.0. The van der Waals surface area contributed by atoms with E-state index in [0.717, 1.165) is 24.8 Å². The topological polar surface area (TPSA) is 78.9 Å². The SMILES string of the molecule is Cc1cc(CCCC2CNC(=O)N2C)ccc1OC(C)(C)C(=O)O. The summed E-state index contributed by atoms with van der Waals surface area (Å²) in [5.41, 5.74) is 0.864. The average molecular weight is 334 g/mol. The number of likely N-dealkylation sites (N-methyl/N-ethyl adjacent to an activating group) is 1. The van der Waals surface area contributed by atoms with Crippen molar-refractivity contribution in [3.05, 3.63) is 29.3 Å². The van der Waals surface area contributed by atoms with Gasteiger partial charge in [-0.25, -0.2) is 9.59 Å². The fourth-order valence-electron chi connectivity index (χ4n) is 2.77. The van der Waals surface area contributed by atoms with E-state index in [0.29, 0.717) is 12.3 Å². The summed E-state index contributed by atoms with van der Waals surface area (Å²) in [7, 11) is 1.83. The number of carbonyl (C=O) groups excluding carboxylic acids is 1. The van der Waals surface area contributed by atoms with Crippen LogP contribution in [0.4, 0.5) is 4.79 Å². The summed E-state index contributed by atoms with van der Waals surface area (Å²) in [6, 6.07) is 6.11. The Morgan fingerprint density at radius 1 is 1.46 bits per heavy atom. The molecular weight excluding hydrogens is 308 g/mol. The fourth-order valence-corrected chi connectivity index (χ4v) is 2.77. The van der Waals surface area contributed by atoms with Gasteiger partial charge in [-0.2, -0.15) is 0 Å². The van der Waals surface area contributed by atoms with Crippen LogP contribution in [0.2, 0.25) is 0 Å². The van der Waals surface area contributed by atoms with Gasteiger partial charge < -0.3 is 20.1 Å². The zero-order chi connectivity index (χ0) is 17.9. The van der Waals surface area contributed by atoms with Crippen molar-refractivity contribution in [2.45, 2.75) is 51.7 Å². The van der Waals surface area contributed by atoms with E-state index < -0.39 is 11.6 Å². The maximum Gasteiger partial charge on any atom is 0.347 e. The fraction of sp³-hybridized carbons (Fsp3) is 0.556. The minimum atomic E-state index is -1.25. The van der Waals surface area contributed by atoms with Crippen LogP contribution < -0.4 is 10.1 Å². The van der Waals surface area contributed by atoms with E-state index in [-0.39, 0.29) is 12.1 Å². The molecule has 2 amide bonds. The Bertz CT molecular complexity index is 627. The maximum atomic E-state index is 11.4. The number of nitrogens with zero attached hydrogens (tertiary/aromatic N) is 1. The lowest BCUT2D eigenvalue weighted by Gasteiger charge is -2.23. The highest BCUT2D eigenvalue weighted by Crippen LogP contribution is 2.25. The summed E-state index contributed by atoms with van der Waals surface area (Å²) >= 11 is 0. The van der Waals surface area contributed by atoms with Gasteiger partial charge in [-0.05, 0) is 57.2 Å². The zero-order valence-corrected chi connectivity index (χ0v) is 14.8. The molecule has 1 aliphatic heterocycles. The quantitative estimate of drug-likeness (QED) is 0.803. The van der Waals surface area contributed by atoms with Gasteiger partial charge in [0.25, 0.3) is 0 Å². The number of nitrogens with one attached hydrogen (secondary N) is 1. The van der Waals surface area contributed by atoms with Crippen LogP contribution in [0.5, 0.6) is 5.75 Å². The van der Waals surface area contributed by atoms with Gasteiger partial charge in [-0.15, -0.1) is 0 Å². The van der Waals surface area contributed by atoms with Crippen molar-refractivity contribution in [2.24, 2.45) is 0 Å². The summed E-state index contributed by atoms with van der Waals surface area (Å²) in [6.45, 7) is 5.71. The second kappa shape index (κ2) is 7.11. The van der Waals surface area contributed by atoms with Gasteiger partial charge in [0.1, 0.15) is 5.75 Å². The smallest absolute Gasteiger partial charge is 0.347 e. The van der Waals surface area contributed by atoms with E-state index in [1.54, 1.807) is 4.90 Å². The molecule has 1 unspecified atom stereocenters. The molecule has 2 rings (SSSR count). The Morgan fingerprint density at radius 3 is 2.71 bits per heavy atom. The molecule has 0 aromatic heterocycles. The first-order valence-electron chi connectivity index (χ1n) is 8.23. The van der Waals surface area contributed by atoms with Crippen molar-refractivity contribution in [1.82, 2.24) is 10.2 Å². The summed E-state index contributed by atoms with van der Waals surface area (Å²) < 4.78 is 5.61. The number of hydrogen-bond donors (Lipinski definition) is 2. The first kappa shape index (κ1) is 18.1. The highest BCUT2D eigenvalue weighted by Gasteiger charge is 2.30. The standard InChI is InChI=1S/C18H26N2O4/c1-12-10-13(6-5-7-14-11-19-17(23)20(14)4)8-9-15(12)24-18(2,3)16(21)22/h8-10,14H,5-7,11H2,1-4H3,(H,19,23)(H,21,22). The molecular formula is C18H26N2O4. The normalized spacial score (nSPS) is 17.8. The number of carbonyl (C=O) groups is 2. The third-order valence-corrected chi connectivity index (χ3v) is 4.48. The Kier molecular flexibility index (Phi) is 5.36. The van der Waals surface area contributed by atoms with Crippen LogP contribution in [0.25, 0.3) is 0 Å². The Morgan fingerprint density at radius 2 is 2.17 bits per heavy atom. The first-order chi connectivity index (χ1) is 11.2. The molecule has 132 valence electrons. The van der Waals surface area contributed by atoms with Gasteiger partial charge in [0.05, 0.1) is 6.04 Å². The monoisotopic (exact) mass is 334 g/mol. The minimum Gasteiger partial charge on any atom is -0.478 e. The Labute approximate surface area is 142 Å². The third kappa shape index (κ3) is 4.19. The van der Waals surface area contributed by atoms with Crippen LogP contribution in [0.1, 0.15) is 37.8 Å². The van der Waals surface area contributed by atoms with Crippen LogP contribution in [0.3, 0.4) is 0 Å². The summed E-state index contributed by atoms with van der Waals surface area (Å²) in [4.78, 5) is 24.3. The number of carboxylic acid groups (broad SMARTS) is 1. The molecule has 1 atom stereocenters. The predicted octanol–water partition coefficient (Wildman–Crippen LogP) is 2.58. The molecule has 6 nitrogen and oxygen atoms in total. The van der Waals surface area contributed by atoms with E-state index >= 15 is 0 Å². The molecule has 0 bridgehead atoms. The number of urea groups is 1. The van der Waals surface area contributed by atoms with Gasteiger partial charge in [-0.1, -0.05) is 12.1 Å². The molecule has 1 aromatic rings. The number of carboxylic acids is 1. The van der Waals surface area contributed by atoms with Gasteiger partial charge in [-0.3, -0.25) is 0 Å². The van der Waals surface area contributed by atoms with E-state index in [9.17, 15) is 9.59 Å². The molecule has 0 saturated carbocycles. The number of ether oxygens (including phenoxy) is 1. The van der Waals surface area contributed by atoms with Gasteiger partial charge >= 0.3 is 12.0 Å². The highest BCUT2D eigenvalue weighted by atomic mass is 16.5. The van der Waals surface area contributed by atoms with E-state index in [1.165, 1.54) is 19.4 Å². The zero-order valence-electron chi connectivity index (χ0n) is 14.8. The largest absolute Gasteiger partial charge is 0.478 e. The molecule has 1 aliphatic rings. The average Bonchev–Trinajstić information content (AvgIpc) is 2.82. The minimum absolute atomic E-state index is 0.00149. The number of hydrogen-bond acceptors (Lipinski definition) is 3. The molecule has 0 radical (unpaired) electrons. The number of amides is 2. The van der Waals surface area contributed by atoms with Gasteiger partial charge in [0, 0.05) is 13.6 Å². The number of aliphatic carboxylic acids is 1. The maximum absolute atomic E-state index is 11.4. The van der Waals surface area contributed by atoms with Crippen LogP contribution in [0, 0.1) is 6.92 Å². The number of benzene rings is 1. The molecule has 1 heterocycles. The molecule has 1 fully saturated rings. The predicted molar refractivity (Wildman–Crippen MR) is 91.4 cm³/mol. The van der Waals surface area contributed by atoms with Crippen LogP contribution >= 0.6 is 0 Å². The van der Waals surface area contributed by atoms with Crippen molar-refractivity contribution in [1.29, 1.82) is 0 Å². The summed E-state index contributed by atoms with van der Waals surface area (Å²) in [6.07, 6.45) is 2.87. The second-order valence-corrected chi connectivity index (χ2v) is 6.86. The van der Waals surface area contributed by atoms with Gasteiger partial charge in [0.15, 0.2) is 5.60 Å². The summed E-state index contributed by atoms with van der Waals surface area (Å²) in [5.74, 6) is -0.397. The molecule has 1 aromatic carbocycles. The van der Waals surface area contributed by atoms with Crippen molar-refractivity contribution in [3.8, 4) is 5.75 Å². The third-order valence-electron chi connectivity index (χ3n) is 4.48. The second-order valence-electron chi connectivity index (χ2n) is 6.86. The lowest BCUT2D eigenvalue weighted by Crippen LogP contribution is -2.38. The molecule has 24 heavy (non-hydrogen) atoms. The van der Waals surface area contributed by atoms with Crippen molar-refractivity contribution in [3.63, 3.8) is 0 Å². The van der Waals surface area contributed by atoms with E-state index in [4.69, 9.17) is 9.84 Å². The number of rotatable bonds is 7.